The molecular formula is C12H8NO2Se. The number of nitro benzene ring substituents is 1. The van der Waals surface area contributed by atoms with Gasteiger partial charge in [-0.2, -0.15) is 0 Å². The van der Waals surface area contributed by atoms with E-state index in [1.165, 1.54) is 6.07 Å². The van der Waals surface area contributed by atoms with Crippen molar-refractivity contribution in [1.82, 2.24) is 0 Å². The van der Waals surface area contributed by atoms with Crippen LogP contribution in [-0.4, -0.2) is 20.9 Å². The number of hydrogen-bond donors (Lipinski definition) is 0. The fraction of sp³-hybridized carbons (Fsp3) is 0. The SMILES string of the molecule is O=[N+]([O-])c1ccc([Se])c(-c2ccccc2)c1. The van der Waals surface area contributed by atoms with E-state index in [0.29, 0.717) is 0 Å². The van der Waals surface area contributed by atoms with Gasteiger partial charge in [0.05, 0.1) is 0 Å². The van der Waals surface area contributed by atoms with Gasteiger partial charge in [-0.3, -0.25) is 0 Å². The van der Waals surface area contributed by atoms with Crippen LogP contribution in [0.25, 0.3) is 11.1 Å². The number of rotatable bonds is 2. The molecule has 0 heterocycles. The Morgan fingerprint density at radius 3 is 2.38 bits per heavy atom. The van der Waals surface area contributed by atoms with Crippen LogP contribution in [0.2, 0.25) is 0 Å². The molecule has 3 nitrogen and oxygen atoms in total. The predicted octanol–water partition coefficient (Wildman–Crippen LogP) is 2.06. The third-order valence-electron chi connectivity index (χ3n) is 2.26. The molecule has 0 bridgehead atoms. The number of benzene rings is 2. The summed E-state index contributed by atoms with van der Waals surface area (Å²) >= 11 is 2.91. The van der Waals surface area contributed by atoms with Crippen molar-refractivity contribution in [3.05, 3.63) is 58.6 Å². The van der Waals surface area contributed by atoms with Crippen LogP contribution in [0.3, 0.4) is 0 Å². The van der Waals surface area contributed by atoms with E-state index in [0.717, 1.165) is 15.6 Å². The van der Waals surface area contributed by atoms with Gasteiger partial charge in [-0.25, -0.2) is 0 Å². The number of nitro groups is 1. The van der Waals surface area contributed by atoms with Crippen molar-refractivity contribution in [3.63, 3.8) is 0 Å². The summed E-state index contributed by atoms with van der Waals surface area (Å²) in [4.78, 5) is 10.3. The van der Waals surface area contributed by atoms with E-state index in [4.69, 9.17) is 0 Å². The van der Waals surface area contributed by atoms with Gasteiger partial charge >= 0.3 is 101 Å². The molecule has 0 fully saturated rings. The minimum atomic E-state index is -0.383. The zero-order valence-electron chi connectivity index (χ0n) is 8.29. The van der Waals surface area contributed by atoms with Gasteiger partial charge in [0.25, 0.3) is 0 Å². The van der Waals surface area contributed by atoms with Gasteiger partial charge in [-0.1, -0.05) is 0 Å². The number of nitrogens with zero attached hydrogens (tertiary/aromatic N) is 1. The standard InChI is InChI=1S/C12H8NO2Se/c14-13(15)10-6-7-12(16)11(8-10)9-4-2-1-3-5-9/h1-8H. The molecular weight excluding hydrogens is 269 g/mol. The second kappa shape index (κ2) is 4.47. The van der Waals surface area contributed by atoms with Crippen LogP contribution in [-0.2, 0) is 0 Å². The van der Waals surface area contributed by atoms with Gasteiger partial charge in [-0.05, 0) is 0 Å². The quantitative estimate of drug-likeness (QED) is 0.479. The average molecular weight is 277 g/mol. The number of non-ortho nitro benzene ring substituents is 1. The maximum absolute atomic E-state index is 10.7. The van der Waals surface area contributed by atoms with E-state index in [2.05, 4.69) is 16.0 Å². The second-order valence-electron chi connectivity index (χ2n) is 3.30. The summed E-state index contributed by atoms with van der Waals surface area (Å²) in [7, 11) is 0. The fourth-order valence-corrected chi connectivity index (χ4v) is 1.99. The molecule has 0 aliphatic rings. The fourth-order valence-electron chi connectivity index (χ4n) is 1.47. The first-order valence-electron chi connectivity index (χ1n) is 4.69. The Bertz CT molecular complexity index is 526. The van der Waals surface area contributed by atoms with Crippen molar-refractivity contribution in [2.24, 2.45) is 0 Å². The monoisotopic (exact) mass is 278 g/mol. The molecule has 4 heteroatoms. The zero-order chi connectivity index (χ0) is 11.5. The Balaban J connectivity index is 2.56. The van der Waals surface area contributed by atoms with Crippen LogP contribution in [0.4, 0.5) is 5.69 Å². The van der Waals surface area contributed by atoms with E-state index in [1.807, 2.05) is 30.3 Å². The van der Waals surface area contributed by atoms with Crippen molar-refractivity contribution < 1.29 is 4.92 Å². The first-order chi connectivity index (χ1) is 7.68. The molecule has 2 aromatic carbocycles. The second-order valence-corrected chi connectivity index (χ2v) is 4.23. The summed E-state index contributed by atoms with van der Waals surface area (Å²) in [5, 5.41) is 10.7. The maximum atomic E-state index is 10.7. The van der Waals surface area contributed by atoms with Crippen molar-refractivity contribution >= 4 is 26.2 Å². The summed E-state index contributed by atoms with van der Waals surface area (Å²) in [5.74, 6) is 0. The molecule has 16 heavy (non-hydrogen) atoms. The van der Waals surface area contributed by atoms with Gasteiger partial charge in [0.2, 0.25) is 0 Å². The summed E-state index contributed by atoms with van der Waals surface area (Å²) in [6.07, 6.45) is 0. The van der Waals surface area contributed by atoms with Gasteiger partial charge < -0.3 is 0 Å². The Kier molecular flexibility index (Phi) is 3.04. The van der Waals surface area contributed by atoms with E-state index in [-0.39, 0.29) is 10.6 Å². The van der Waals surface area contributed by atoms with Crippen molar-refractivity contribution in [2.45, 2.75) is 0 Å². The molecule has 0 saturated carbocycles. The summed E-state index contributed by atoms with van der Waals surface area (Å²) in [5.41, 5.74) is 1.94. The normalized spacial score (nSPS) is 10.0. The van der Waals surface area contributed by atoms with E-state index >= 15 is 0 Å². The third-order valence-corrected chi connectivity index (χ3v) is 3.01. The molecule has 0 atom stereocenters. The Morgan fingerprint density at radius 1 is 1.06 bits per heavy atom. The van der Waals surface area contributed by atoms with Crippen LogP contribution < -0.4 is 4.46 Å². The molecule has 0 aromatic heterocycles. The van der Waals surface area contributed by atoms with Gasteiger partial charge in [0.1, 0.15) is 0 Å². The molecule has 0 aliphatic heterocycles. The average Bonchev–Trinajstić information content (AvgIpc) is 2.30. The molecule has 0 N–H and O–H groups in total. The summed E-state index contributed by atoms with van der Waals surface area (Å²) in [6, 6.07) is 14.4. The van der Waals surface area contributed by atoms with Crippen LogP contribution in [0.1, 0.15) is 0 Å². The van der Waals surface area contributed by atoms with Crippen molar-refractivity contribution in [1.29, 1.82) is 0 Å². The molecule has 2 aromatic rings. The van der Waals surface area contributed by atoms with Crippen molar-refractivity contribution in [2.75, 3.05) is 0 Å². The van der Waals surface area contributed by atoms with Crippen LogP contribution in [0.5, 0.6) is 0 Å². The minimum absolute atomic E-state index is 0.109. The molecule has 0 unspecified atom stereocenters. The molecule has 0 amide bonds. The molecule has 0 saturated heterocycles. The molecule has 0 spiro atoms. The van der Waals surface area contributed by atoms with E-state index < -0.39 is 0 Å². The Hall–Kier alpha value is -1.64. The molecule has 0 aliphatic carbocycles. The molecule has 1 radical (unpaired) electrons. The van der Waals surface area contributed by atoms with Crippen LogP contribution in [0, 0.1) is 10.1 Å². The van der Waals surface area contributed by atoms with Gasteiger partial charge in [0.15, 0.2) is 0 Å². The first kappa shape index (κ1) is 10.9. The zero-order valence-corrected chi connectivity index (χ0v) is 10.0. The van der Waals surface area contributed by atoms with E-state index in [9.17, 15) is 10.1 Å². The van der Waals surface area contributed by atoms with Crippen molar-refractivity contribution in [3.8, 4) is 11.1 Å². The first-order valence-corrected chi connectivity index (χ1v) is 5.55. The van der Waals surface area contributed by atoms with Crippen LogP contribution >= 0.6 is 0 Å². The summed E-state index contributed by atoms with van der Waals surface area (Å²) < 4.78 is 0.914. The molecule has 79 valence electrons. The molecule has 2 rings (SSSR count). The van der Waals surface area contributed by atoms with Gasteiger partial charge in [0, 0.05) is 0 Å². The number of hydrogen-bond acceptors (Lipinski definition) is 2. The predicted molar refractivity (Wildman–Crippen MR) is 63.9 cm³/mol. The third kappa shape index (κ3) is 2.13. The van der Waals surface area contributed by atoms with Crippen LogP contribution in [0.15, 0.2) is 48.5 Å². The topological polar surface area (TPSA) is 43.1 Å². The van der Waals surface area contributed by atoms with Gasteiger partial charge in [-0.15, -0.1) is 0 Å². The summed E-state index contributed by atoms with van der Waals surface area (Å²) in [6.45, 7) is 0. The van der Waals surface area contributed by atoms with E-state index in [1.54, 1.807) is 12.1 Å². The Morgan fingerprint density at radius 2 is 1.75 bits per heavy atom. The Labute approximate surface area is 101 Å².